The Morgan fingerprint density at radius 3 is 2.89 bits per heavy atom. The first-order valence-corrected chi connectivity index (χ1v) is 8.50. The molecule has 2 aromatic heterocycles. The third-order valence-electron chi connectivity index (χ3n) is 2.63. The molecule has 0 aromatic carbocycles. The van der Waals surface area contributed by atoms with Crippen molar-refractivity contribution in [3.05, 3.63) is 11.2 Å². The number of aromatic nitrogens is 3. The summed E-state index contributed by atoms with van der Waals surface area (Å²) in [4.78, 5) is 8.59. The zero-order chi connectivity index (χ0) is 12.5. The summed E-state index contributed by atoms with van der Waals surface area (Å²) in [7, 11) is 0. The molecule has 0 saturated carbocycles. The smallest absolute Gasteiger partial charge is 0.277 e. The van der Waals surface area contributed by atoms with E-state index in [1.54, 1.807) is 0 Å². The van der Waals surface area contributed by atoms with E-state index in [2.05, 4.69) is 22.0 Å². The van der Waals surface area contributed by atoms with E-state index in [9.17, 15) is 0 Å². The van der Waals surface area contributed by atoms with Gasteiger partial charge in [0.15, 0.2) is 11.0 Å². The zero-order valence-electron chi connectivity index (χ0n) is 9.70. The van der Waals surface area contributed by atoms with E-state index < -0.39 is 0 Å². The van der Waals surface area contributed by atoms with E-state index in [1.807, 2.05) is 28.9 Å². The first-order chi connectivity index (χ1) is 8.74. The van der Waals surface area contributed by atoms with E-state index >= 15 is 0 Å². The molecule has 2 unspecified atom stereocenters. The average Bonchev–Trinajstić information content (AvgIpc) is 2.98. The number of nitrogens with zero attached hydrogens (tertiary/aromatic N) is 3. The Morgan fingerprint density at radius 1 is 1.33 bits per heavy atom. The first-order valence-electron chi connectivity index (χ1n) is 5.52. The third kappa shape index (κ3) is 2.36. The molecule has 0 aliphatic carbocycles. The summed E-state index contributed by atoms with van der Waals surface area (Å²) < 4.78 is 5.27. The number of hydrogen-bond donors (Lipinski definition) is 1. The second-order valence-corrected chi connectivity index (χ2v) is 7.52. The highest BCUT2D eigenvalue weighted by Gasteiger charge is 2.28. The molecule has 1 aliphatic heterocycles. The van der Waals surface area contributed by atoms with Crippen molar-refractivity contribution in [3.8, 4) is 11.6 Å². The number of thioether (sulfide) groups is 2. The maximum atomic E-state index is 5.60. The van der Waals surface area contributed by atoms with Gasteiger partial charge >= 0.3 is 0 Å². The van der Waals surface area contributed by atoms with Crippen LogP contribution < -0.4 is 5.73 Å². The van der Waals surface area contributed by atoms with E-state index in [0.717, 1.165) is 11.6 Å². The van der Waals surface area contributed by atoms with E-state index in [4.69, 9.17) is 10.3 Å². The molecular formula is C10H12N4OS3. The van der Waals surface area contributed by atoms with Crippen molar-refractivity contribution in [1.82, 2.24) is 15.1 Å². The lowest BCUT2D eigenvalue weighted by atomic mass is 10.3. The third-order valence-corrected chi connectivity index (χ3v) is 6.39. The van der Waals surface area contributed by atoms with Gasteiger partial charge in [-0.05, 0) is 0 Å². The van der Waals surface area contributed by atoms with Crippen LogP contribution in [-0.4, -0.2) is 31.9 Å². The topological polar surface area (TPSA) is 77.8 Å². The predicted octanol–water partition coefficient (Wildman–Crippen LogP) is 2.68. The number of nitrogen functional groups attached to an aromatic ring is 1. The van der Waals surface area contributed by atoms with Crippen LogP contribution in [0.3, 0.4) is 0 Å². The van der Waals surface area contributed by atoms with E-state index in [0.29, 0.717) is 27.2 Å². The van der Waals surface area contributed by atoms with Gasteiger partial charge in [-0.3, -0.25) is 0 Å². The summed E-state index contributed by atoms with van der Waals surface area (Å²) in [6.45, 7) is 2.21. The van der Waals surface area contributed by atoms with Crippen LogP contribution in [0.5, 0.6) is 0 Å². The standard InChI is InChI=1S/C10H12N4OS3/c1-5-7(17-3-2-16-5)8-13-9(15-14-8)6-4-18-10(11)12-6/h4-5,7H,2-3H2,1H3,(H2,11,12). The van der Waals surface area contributed by atoms with Crippen LogP contribution in [0.25, 0.3) is 11.6 Å². The maximum Gasteiger partial charge on any atom is 0.277 e. The minimum Gasteiger partial charge on any atom is -0.375 e. The molecule has 2 atom stereocenters. The van der Waals surface area contributed by atoms with Gasteiger partial charge in [0.2, 0.25) is 0 Å². The number of rotatable bonds is 2. The molecule has 8 heteroatoms. The fourth-order valence-electron chi connectivity index (χ4n) is 1.76. The minimum absolute atomic E-state index is 0.303. The Kier molecular flexibility index (Phi) is 3.49. The molecule has 1 saturated heterocycles. The fourth-order valence-corrected chi connectivity index (χ4v) is 4.97. The monoisotopic (exact) mass is 300 g/mol. The van der Waals surface area contributed by atoms with Crippen LogP contribution in [0.15, 0.2) is 9.90 Å². The Balaban J connectivity index is 1.84. The van der Waals surface area contributed by atoms with Gasteiger partial charge < -0.3 is 10.3 Å². The van der Waals surface area contributed by atoms with Crippen LogP contribution in [0.4, 0.5) is 5.13 Å². The summed E-state index contributed by atoms with van der Waals surface area (Å²) in [6, 6.07) is 0. The molecule has 1 aliphatic rings. The van der Waals surface area contributed by atoms with Gasteiger partial charge in [-0.15, -0.1) is 23.1 Å². The van der Waals surface area contributed by atoms with E-state index in [1.165, 1.54) is 17.1 Å². The van der Waals surface area contributed by atoms with Crippen LogP contribution in [0.1, 0.15) is 18.0 Å². The van der Waals surface area contributed by atoms with Crippen molar-refractivity contribution in [2.45, 2.75) is 17.4 Å². The van der Waals surface area contributed by atoms with Crippen molar-refractivity contribution >= 4 is 40.0 Å². The van der Waals surface area contributed by atoms with Crippen LogP contribution in [0, 0.1) is 0 Å². The van der Waals surface area contributed by atoms with Gasteiger partial charge in [0, 0.05) is 22.1 Å². The lowest BCUT2D eigenvalue weighted by Gasteiger charge is -2.24. The lowest BCUT2D eigenvalue weighted by molar-refractivity contribution is 0.421. The van der Waals surface area contributed by atoms with Crippen molar-refractivity contribution in [2.24, 2.45) is 0 Å². The SMILES string of the molecule is CC1SCCSC1c1noc(-c2csc(N)n2)n1. The number of hydrogen-bond acceptors (Lipinski definition) is 8. The largest absolute Gasteiger partial charge is 0.375 e. The van der Waals surface area contributed by atoms with E-state index in [-0.39, 0.29) is 0 Å². The Bertz CT molecular complexity index is 541. The highest BCUT2D eigenvalue weighted by molar-refractivity contribution is 8.06. The number of thiazole rings is 1. The molecule has 18 heavy (non-hydrogen) atoms. The summed E-state index contributed by atoms with van der Waals surface area (Å²) in [6.07, 6.45) is 0. The molecule has 0 amide bonds. The summed E-state index contributed by atoms with van der Waals surface area (Å²) in [5, 5.41) is 7.24. The molecule has 5 nitrogen and oxygen atoms in total. The van der Waals surface area contributed by atoms with Gasteiger partial charge in [-0.2, -0.15) is 16.7 Å². The van der Waals surface area contributed by atoms with Crippen molar-refractivity contribution in [1.29, 1.82) is 0 Å². The summed E-state index contributed by atoms with van der Waals surface area (Å²) >= 11 is 5.22. The van der Waals surface area contributed by atoms with Gasteiger partial charge in [-0.25, -0.2) is 4.98 Å². The molecule has 96 valence electrons. The normalized spacial score (nSPS) is 24.3. The van der Waals surface area contributed by atoms with Crippen LogP contribution >= 0.6 is 34.9 Å². The molecule has 2 aromatic rings. The second kappa shape index (κ2) is 5.10. The number of nitrogens with two attached hydrogens (primary N) is 1. The summed E-state index contributed by atoms with van der Waals surface area (Å²) in [5.74, 6) is 3.55. The fraction of sp³-hybridized carbons (Fsp3) is 0.500. The Labute approximate surface area is 117 Å². The van der Waals surface area contributed by atoms with Crippen LogP contribution in [-0.2, 0) is 0 Å². The lowest BCUT2D eigenvalue weighted by Crippen LogP contribution is -2.16. The molecule has 2 N–H and O–H groups in total. The summed E-state index contributed by atoms with van der Waals surface area (Å²) in [5.41, 5.74) is 6.26. The molecule has 0 spiro atoms. The predicted molar refractivity (Wildman–Crippen MR) is 76.9 cm³/mol. The molecule has 0 radical (unpaired) electrons. The Hall–Kier alpha value is -0.730. The van der Waals surface area contributed by atoms with Crippen LogP contribution in [0.2, 0.25) is 0 Å². The molecular weight excluding hydrogens is 288 g/mol. The zero-order valence-corrected chi connectivity index (χ0v) is 12.1. The maximum absolute atomic E-state index is 5.60. The molecule has 3 heterocycles. The molecule has 3 rings (SSSR count). The second-order valence-electron chi connectivity index (χ2n) is 3.90. The first kappa shape index (κ1) is 12.3. The van der Waals surface area contributed by atoms with Crippen molar-refractivity contribution in [3.63, 3.8) is 0 Å². The minimum atomic E-state index is 0.303. The van der Waals surface area contributed by atoms with Gasteiger partial charge in [-0.1, -0.05) is 12.1 Å². The highest BCUT2D eigenvalue weighted by atomic mass is 32.2. The van der Waals surface area contributed by atoms with Crippen molar-refractivity contribution < 1.29 is 4.52 Å². The van der Waals surface area contributed by atoms with Gasteiger partial charge in [0.25, 0.3) is 5.89 Å². The molecule has 1 fully saturated rings. The number of anilines is 1. The van der Waals surface area contributed by atoms with Gasteiger partial charge in [0.1, 0.15) is 5.69 Å². The van der Waals surface area contributed by atoms with Crippen molar-refractivity contribution in [2.75, 3.05) is 17.2 Å². The highest BCUT2D eigenvalue weighted by Crippen LogP contribution is 2.41. The Morgan fingerprint density at radius 2 is 2.17 bits per heavy atom. The van der Waals surface area contributed by atoms with Gasteiger partial charge in [0.05, 0.1) is 5.25 Å². The quantitative estimate of drug-likeness (QED) is 0.913. The average molecular weight is 300 g/mol. The molecule has 0 bridgehead atoms.